The van der Waals surface area contributed by atoms with Crippen molar-refractivity contribution < 1.29 is 0 Å². The zero-order chi connectivity index (χ0) is 43.5. The number of fused-ring (bicyclic) bond motifs is 6. The van der Waals surface area contributed by atoms with E-state index < -0.39 is 0 Å². The van der Waals surface area contributed by atoms with Gasteiger partial charge in [-0.1, -0.05) is 190 Å². The molecule has 0 N–H and O–H groups in total. The fourth-order valence-corrected chi connectivity index (χ4v) is 10.4. The Balaban J connectivity index is 0.973. The molecule has 2 nitrogen and oxygen atoms in total. The Morgan fingerprint density at radius 3 is 1.46 bits per heavy atom. The van der Waals surface area contributed by atoms with Crippen molar-refractivity contribution in [3.8, 4) is 61.3 Å². The molecule has 1 aliphatic rings. The molecule has 10 aromatic carbocycles. The molecule has 0 spiro atoms. The molecule has 1 heterocycles. The molecule has 1 aliphatic carbocycles. The molecule has 0 saturated heterocycles. The van der Waals surface area contributed by atoms with Gasteiger partial charge in [-0.15, -0.1) is 0 Å². The van der Waals surface area contributed by atoms with Crippen molar-refractivity contribution in [2.75, 3.05) is 4.90 Å². The fourth-order valence-electron chi connectivity index (χ4n) is 10.4. The van der Waals surface area contributed by atoms with Crippen LogP contribution >= 0.6 is 0 Å². The third kappa shape index (κ3) is 6.57. The largest absolute Gasteiger partial charge is 0.310 e. The van der Waals surface area contributed by atoms with Crippen LogP contribution in [0.3, 0.4) is 0 Å². The van der Waals surface area contributed by atoms with Gasteiger partial charge in [0.15, 0.2) is 0 Å². The molecule has 0 fully saturated rings. The number of benzene rings is 10. The van der Waals surface area contributed by atoms with Gasteiger partial charge < -0.3 is 9.47 Å². The fraction of sp³-hybridized carbons (Fsp3) is 0.0476. The predicted octanol–water partition coefficient (Wildman–Crippen LogP) is 17.2. The quantitative estimate of drug-likeness (QED) is 0.148. The summed E-state index contributed by atoms with van der Waals surface area (Å²) >= 11 is 0. The highest BCUT2D eigenvalue weighted by Gasteiger charge is 2.36. The summed E-state index contributed by atoms with van der Waals surface area (Å²) in [5.41, 5.74) is 21.6. The van der Waals surface area contributed by atoms with Gasteiger partial charge in [0.1, 0.15) is 0 Å². The van der Waals surface area contributed by atoms with Crippen molar-refractivity contribution in [3.63, 3.8) is 0 Å². The molecule has 308 valence electrons. The van der Waals surface area contributed by atoms with E-state index in [-0.39, 0.29) is 5.41 Å². The second-order valence-electron chi connectivity index (χ2n) is 17.7. The normalized spacial score (nSPS) is 12.6. The minimum absolute atomic E-state index is 0.245. The van der Waals surface area contributed by atoms with E-state index in [2.05, 4.69) is 266 Å². The zero-order valence-corrected chi connectivity index (χ0v) is 36.5. The van der Waals surface area contributed by atoms with Crippen molar-refractivity contribution in [2.24, 2.45) is 0 Å². The summed E-state index contributed by atoms with van der Waals surface area (Å²) in [6.45, 7) is 4.78. The Morgan fingerprint density at radius 1 is 0.308 bits per heavy atom. The number of rotatable bonds is 8. The summed E-state index contributed by atoms with van der Waals surface area (Å²) < 4.78 is 2.43. The number of anilines is 3. The van der Waals surface area contributed by atoms with Crippen LogP contribution in [0.4, 0.5) is 17.1 Å². The maximum absolute atomic E-state index is 2.44. The lowest BCUT2D eigenvalue weighted by Crippen LogP contribution is -2.17. The third-order valence-electron chi connectivity index (χ3n) is 13.6. The molecule has 0 amide bonds. The van der Waals surface area contributed by atoms with E-state index in [1.807, 2.05) is 0 Å². The van der Waals surface area contributed by atoms with E-state index >= 15 is 0 Å². The molecule has 65 heavy (non-hydrogen) atoms. The Bertz CT molecular complexity index is 3510. The highest BCUT2D eigenvalue weighted by molar-refractivity contribution is 6.09. The van der Waals surface area contributed by atoms with E-state index in [9.17, 15) is 0 Å². The molecule has 0 unspecified atom stereocenters. The molecule has 2 heteroatoms. The molecule has 0 saturated carbocycles. The van der Waals surface area contributed by atoms with Gasteiger partial charge in [0.05, 0.1) is 11.0 Å². The Labute approximate surface area is 381 Å². The van der Waals surface area contributed by atoms with Gasteiger partial charge in [-0.2, -0.15) is 0 Å². The predicted molar refractivity (Wildman–Crippen MR) is 275 cm³/mol. The van der Waals surface area contributed by atoms with Crippen molar-refractivity contribution in [1.29, 1.82) is 0 Å². The number of hydrogen-bond acceptors (Lipinski definition) is 1. The smallest absolute Gasteiger partial charge is 0.0541 e. The lowest BCUT2D eigenvalue weighted by atomic mass is 9.82. The van der Waals surface area contributed by atoms with Gasteiger partial charge in [0.25, 0.3) is 0 Å². The molecule has 0 bridgehead atoms. The van der Waals surface area contributed by atoms with Crippen LogP contribution in [0.1, 0.15) is 25.0 Å². The Morgan fingerprint density at radius 2 is 0.785 bits per heavy atom. The van der Waals surface area contributed by atoms with E-state index in [0.29, 0.717) is 0 Å². The van der Waals surface area contributed by atoms with Gasteiger partial charge in [0.2, 0.25) is 0 Å². The average Bonchev–Trinajstić information content (AvgIpc) is 3.82. The first-order valence-electron chi connectivity index (χ1n) is 22.6. The maximum atomic E-state index is 2.44. The molecular formula is C63H46N2. The maximum Gasteiger partial charge on any atom is 0.0541 e. The van der Waals surface area contributed by atoms with Crippen LogP contribution in [0.2, 0.25) is 0 Å². The molecular weight excluding hydrogens is 785 g/mol. The van der Waals surface area contributed by atoms with Crippen LogP contribution in [-0.4, -0.2) is 4.57 Å². The van der Waals surface area contributed by atoms with Crippen molar-refractivity contribution >= 4 is 38.9 Å². The number of aromatic nitrogens is 1. The minimum Gasteiger partial charge on any atom is -0.310 e. The monoisotopic (exact) mass is 830 g/mol. The topological polar surface area (TPSA) is 8.17 Å². The second kappa shape index (κ2) is 15.6. The van der Waals surface area contributed by atoms with E-state index in [0.717, 1.165) is 17.1 Å². The summed E-state index contributed by atoms with van der Waals surface area (Å²) in [4.78, 5) is 2.43. The van der Waals surface area contributed by atoms with Gasteiger partial charge in [0, 0.05) is 38.9 Å². The number of nitrogens with zero attached hydrogens (tertiary/aromatic N) is 2. The first kappa shape index (κ1) is 38.5. The second-order valence-corrected chi connectivity index (χ2v) is 17.7. The van der Waals surface area contributed by atoms with Crippen molar-refractivity contribution in [2.45, 2.75) is 19.3 Å². The Kier molecular flexibility index (Phi) is 9.21. The first-order valence-corrected chi connectivity index (χ1v) is 22.6. The third-order valence-corrected chi connectivity index (χ3v) is 13.6. The van der Waals surface area contributed by atoms with Crippen LogP contribution in [0.25, 0.3) is 83.1 Å². The molecule has 0 atom stereocenters. The van der Waals surface area contributed by atoms with Crippen LogP contribution < -0.4 is 4.90 Å². The van der Waals surface area contributed by atoms with Crippen molar-refractivity contribution in [3.05, 3.63) is 254 Å². The summed E-state index contributed by atoms with van der Waals surface area (Å²) in [5.74, 6) is 0. The average molecular weight is 831 g/mol. The molecule has 1 aromatic heterocycles. The van der Waals surface area contributed by atoms with Crippen molar-refractivity contribution in [1.82, 2.24) is 4.57 Å². The lowest BCUT2D eigenvalue weighted by molar-refractivity contribution is 0.660. The van der Waals surface area contributed by atoms with E-state index in [4.69, 9.17) is 0 Å². The zero-order valence-electron chi connectivity index (χ0n) is 36.5. The number of hydrogen-bond donors (Lipinski definition) is 0. The Hall–Kier alpha value is -8.20. The summed E-state index contributed by atoms with van der Waals surface area (Å²) in [5, 5.41) is 2.55. The van der Waals surface area contributed by atoms with Crippen LogP contribution in [-0.2, 0) is 5.41 Å². The van der Waals surface area contributed by atoms with Gasteiger partial charge in [-0.05, 0) is 133 Å². The number of para-hydroxylation sites is 2. The molecule has 12 rings (SSSR count). The summed E-state index contributed by atoms with van der Waals surface area (Å²) in [7, 11) is 0. The summed E-state index contributed by atoms with van der Waals surface area (Å²) in [6.07, 6.45) is 0. The molecule has 11 aromatic rings. The standard InChI is InChI=1S/C63H46N2/c1-63(2)59-41-51(35-37-55(59)56-38-36-52(42-60(56)63)65-61-29-13-11-27-57(61)58-28-12-14-30-62(58)65)64(49-33-31-44(32-34-49)47-22-15-21-46(39-47)43-17-5-3-6-18-43)50-24-16-23-48(40-50)54-26-10-9-25-53(54)45-19-7-4-8-20-45/h3-42H,1-2H3. The SMILES string of the molecule is CC1(C)c2cc(N(c3ccc(-c4cccc(-c5ccccc5)c4)cc3)c3cccc(-c4ccccc4-c4ccccc4)c3)ccc2-c2ccc(-n3c4ccccc4c4ccccc43)cc21. The van der Waals surface area contributed by atoms with Crippen LogP contribution in [0.15, 0.2) is 243 Å². The molecule has 0 radical (unpaired) electrons. The van der Waals surface area contributed by atoms with Gasteiger partial charge >= 0.3 is 0 Å². The van der Waals surface area contributed by atoms with Crippen LogP contribution in [0, 0.1) is 0 Å². The van der Waals surface area contributed by atoms with Gasteiger partial charge in [-0.3, -0.25) is 0 Å². The highest BCUT2D eigenvalue weighted by Crippen LogP contribution is 2.52. The lowest BCUT2D eigenvalue weighted by Gasteiger charge is -2.29. The molecule has 0 aliphatic heterocycles. The highest BCUT2D eigenvalue weighted by atomic mass is 15.1. The minimum atomic E-state index is -0.245. The van der Waals surface area contributed by atoms with Gasteiger partial charge in [-0.25, -0.2) is 0 Å². The van der Waals surface area contributed by atoms with E-state index in [1.54, 1.807) is 0 Å². The van der Waals surface area contributed by atoms with Crippen LogP contribution in [0.5, 0.6) is 0 Å². The summed E-state index contributed by atoms with van der Waals surface area (Å²) in [6, 6.07) is 88.8. The first-order chi connectivity index (χ1) is 32.0. The van der Waals surface area contributed by atoms with E-state index in [1.165, 1.54) is 94.3 Å².